The molecule has 1 aliphatic heterocycles. The van der Waals surface area contributed by atoms with Crippen molar-refractivity contribution in [1.82, 2.24) is 24.5 Å². The summed E-state index contributed by atoms with van der Waals surface area (Å²) in [5, 5.41) is 6.68. The van der Waals surface area contributed by atoms with Gasteiger partial charge < -0.3 is 10.2 Å². The van der Waals surface area contributed by atoms with Gasteiger partial charge in [-0.15, -0.1) is 22.7 Å². The SMILES string of the molecule is CC(=O)NC(CC(=O)N1CCN(Cc2cc(=O)n3ccsc3n2)CC1)c1cccs1. The van der Waals surface area contributed by atoms with E-state index in [0.29, 0.717) is 24.6 Å². The Hall–Kier alpha value is -2.56. The van der Waals surface area contributed by atoms with Gasteiger partial charge in [0.15, 0.2) is 4.96 Å². The minimum Gasteiger partial charge on any atom is -0.348 e. The molecule has 0 radical (unpaired) electrons. The standard InChI is InChI=1S/C20H23N5O3S2/c1-14(26)21-16(17-3-2-9-29-17)12-18(27)24-6-4-23(5-7-24)13-15-11-19(28)25-8-10-30-20(25)22-15/h2-3,8-11,16H,4-7,12-13H2,1H3,(H,21,26). The molecule has 2 amide bonds. The Kier molecular flexibility index (Phi) is 6.26. The Labute approximate surface area is 181 Å². The van der Waals surface area contributed by atoms with Gasteiger partial charge in [0.05, 0.1) is 18.2 Å². The maximum atomic E-state index is 12.8. The maximum Gasteiger partial charge on any atom is 0.258 e. The number of hydrogen-bond acceptors (Lipinski definition) is 7. The molecule has 4 rings (SSSR count). The molecule has 30 heavy (non-hydrogen) atoms. The number of nitrogens with zero attached hydrogens (tertiary/aromatic N) is 4. The van der Waals surface area contributed by atoms with Crippen LogP contribution in [0.1, 0.15) is 30.0 Å². The third kappa shape index (κ3) is 4.77. The molecule has 1 unspecified atom stereocenters. The maximum absolute atomic E-state index is 12.8. The van der Waals surface area contributed by atoms with Crippen LogP contribution >= 0.6 is 22.7 Å². The van der Waals surface area contributed by atoms with Crippen molar-refractivity contribution in [2.24, 2.45) is 0 Å². The summed E-state index contributed by atoms with van der Waals surface area (Å²) in [5.41, 5.74) is 0.688. The molecule has 1 saturated heterocycles. The third-order valence-electron chi connectivity index (χ3n) is 5.11. The molecule has 4 heterocycles. The molecule has 3 aromatic rings. The molecule has 0 aliphatic carbocycles. The van der Waals surface area contributed by atoms with Crippen molar-refractivity contribution in [3.63, 3.8) is 0 Å². The van der Waals surface area contributed by atoms with E-state index in [9.17, 15) is 14.4 Å². The molecule has 0 bridgehead atoms. The number of amides is 2. The van der Waals surface area contributed by atoms with Crippen LogP contribution in [0.4, 0.5) is 0 Å². The lowest BCUT2D eigenvalue weighted by atomic mass is 10.1. The lowest BCUT2D eigenvalue weighted by molar-refractivity contribution is -0.133. The first-order valence-corrected chi connectivity index (χ1v) is 11.5. The predicted octanol–water partition coefficient (Wildman–Crippen LogP) is 1.73. The molecule has 1 fully saturated rings. The molecular weight excluding hydrogens is 422 g/mol. The summed E-state index contributed by atoms with van der Waals surface area (Å²) in [6.07, 6.45) is 1.99. The molecule has 0 aromatic carbocycles. The molecule has 1 aliphatic rings. The highest BCUT2D eigenvalue weighted by Gasteiger charge is 2.25. The van der Waals surface area contributed by atoms with Crippen molar-refractivity contribution in [3.05, 3.63) is 56.1 Å². The van der Waals surface area contributed by atoms with E-state index in [0.717, 1.165) is 23.7 Å². The summed E-state index contributed by atoms with van der Waals surface area (Å²) in [7, 11) is 0. The second-order valence-electron chi connectivity index (χ2n) is 7.27. The zero-order valence-electron chi connectivity index (χ0n) is 16.6. The monoisotopic (exact) mass is 445 g/mol. The van der Waals surface area contributed by atoms with Crippen LogP contribution in [-0.4, -0.2) is 57.2 Å². The Morgan fingerprint density at radius 2 is 2.00 bits per heavy atom. The number of rotatable bonds is 6. The van der Waals surface area contributed by atoms with Crippen LogP contribution in [0.5, 0.6) is 0 Å². The van der Waals surface area contributed by atoms with Gasteiger partial charge in [-0.1, -0.05) is 6.07 Å². The fraction of sp³-hybridized carbons (Fsp3) is 0.400. The molecule has 10 heteroatoms. The topological polar surface area (TPSA) is 87.0 Å². The van der Waals surface area contributed by atoms with E-state index in [1.54, 1.807) is 16.7 Å². The van der Waals surface area contributed by atoms with Crippen molar-refractivity contribution < 1.29 is 9.59 Å². The van der Waals surface area contributed by atoms with E-state index in [-0.39, 0.29) is 29.8 Å². The van der Waals surface area contributed by atoms with Gasteiger partial charge in [0.2, 0.25) is 11.8 Å². The predicted molar refractivity (Wildman–Crippen MR) is 117 cm³/mol. The average molecular weight is 446 g/mol. The van der Waals surface area contributed by atoms with E-state index >= 15 is 0 Å². The molecule has 8 nitrogen and oxygen atoms in total. The van der Waals surface area contributed by atoms with Gasteiger partial charge in [-0.05, 0) is 11.4 Å². The van der Waals surface area contributed by atoms with E-state index in [2.05, 4.69) is 15.2 Å². The first-order chi connectivity index (χ1) is 14.5. The Morgan fingerprint density at radius 1 is 1.20 bits per heavy atom. The van der Waals surface area contributed by atoms with Crippen LogP contribution in [0.2, 0.25) is 0 Å². The smallest absolute Gasteiger partial charge is 0.258 e. The fourth-order valence-corrected chi connectivity index (χ4v) is 5.13. The second-order valence-corrected chi connectivity index (χ2v) is 9.12. The van der Waals surface area contributed by atoms with Gasteiger partial charge >= 0.3 is 0 Å². The van der Waals surface area contributed by atoms with Crippen LogP contribution in [0, 0.1) is 0 Å². The Balaban J connectivity index is 1.33. The number of nitrogens with one attached hydrogen (secondary N) is 1. The Morgan fingerprint density at radius 3 is 2.70 bits per heavy atom. The lowest BCUT2D eigenvalue weighted by Crippen LogP contribution is -2.49. The molecule has 158 valence electrons. The number of fused-ring (bicyclic) bond motifs is 1. The van der Waals surface area contributed by atoms with E-state index in [1.165, 1.54) is 29.6 Å². The first kappa shape index (κ1) is 20.7. The molecule has 0 spiro atoms. The quantitative estimate of drug-likeness (QED) is 0.624. The van der Waals surface area contributed by atoms with E-state index < -0.39 is 0 Å². The summed E-state index contributed by atoms with van der Waals surface area (Å²) in [6.45, 7) is 4.75. The fourth-order valence-electron chi connectivity index (χ4n) is 3.61. The summed E-state index contributed by atoms with van der Waals surface area (Å²) in [6, 6.07) is 5.15. The second kappa shape index (κ2) is 9.07. The molecule has 0 saturated carbocycles. The highest BCUT2D eigenvalue weighted by atomic mass is 32.1. The van der Waals surface area contributed by atoms with Gasteiger partial charge in [-0.25, -0.2) is 4.98 Å². The van der Waals surface area contributed by atoms with Crippen LogP contribution in [0.3, 0.4) is 0 Å². The number of carbonyl (C=O) groups is 2. The van der Waals surface area contributed by atoms with Crippen LogP contribution < -0.4 is 10.9 Å². The van der Waals surface area contributed by atoms with Crippen molar-refractivity contribution >= 4 is 39.4 Å². The summed E-state index contributed by atoms with van der Waals surface area (Å²) >= 11 is 2.98. The van der Waals surface area contributed by atoms with Crippen molar-refractivity contribution in [3.8, 4) is 0 Å². The number of carbonyl (C=O) groups excluding carboxylic acids is 2. The highest BCUT2D eigenvalue weighted by Crippen LogP contribution is 2.23. The summed E-state index contributed by atoms with van der Waals surface area (Å²) < 4.78 is 1.55. The summed E-state index contributed by atoms with van der Waals surface area (Å²) in [4.78, 5) is 46.8. The average Bonchev–Trinajstić information content (AvgIpc) is 3.40. The number of piperazine rings is 1. The number of thiophene rings is 1. The minimum absolute atomic E-state index is 0.0400. The summed E-state index contributed by atoms with van der Waals surface area (Å²) in [5.74, 6) is -0.102. The van der Waals surface area contributed by atoms with Crippen LogP contribution in [-0.2, 0) is 16.1 Å². The van der Waals surface area contributed by atoms with Gasteiger partial charge in [0, 0.05) is 62.2 Å². The largest absolute Gasteiger partial charge is 0.348 e. The lowest BCUT2D eigenvalue weighted by Gasteiger charge is -2.35. The Bertz CT molecular complexity index is 1080. The normalized spacial score (nSPS) is 16.0. The highest BCUT2D eigenvalue weighted by molar-refractivity contribution is 7.15. The molecular formula is C20H23N5O3S2. The van der Waals surface area contributed by atoms with Gasteiger partial charge in [0.1, 0.15) is 0 Å². The zero-order valence-corrected chi connectivity index (χ0v) is 18.2. The van der Waals surface area contributed by atoms with Gasteiger partial charge in [0.25, 0.3) is 5.56 Å². The van der Waals surface area contributed by atoms with E-state index in [4.69, 9.17) is 0 Å². The number of thiazole rings is 1. The first-order valence-electron chi connectivity index (χ1n) is 9.76. The molecule has 1 atom stereocenters. The third-order valence-corrected chi connectivity index (χ3v) is 6.85. The van der Waals surface area contributed by atoms with Crippen molar-refractivity contribution in [1.29, 1.82) is 0 Å². The van der Waals surface area contributed by atoms with E-state index in [1.807, 2.05) is 27.8 Å². The van der Waals surface area contributed by atoms with Crippen molar-refractivity contribution in [2.45, 2.75) is 25.9 Å². The molecule has 3 aromatic heterocycles. The molecule has 1 N–H and O–H groups in total. The minimum atomic E-state index is -0.289. The number of aromatic nitrogens is 2. The number of hydrogen-bond donors (Lipinski definition) is 1. The van der Waals surface area contributed by atoms with Crippen molar-refractivity contribution in [2.75, 3.05) is 26.2 Å². The van der Waals surface area contributed by atoms with Crippen LogP contribution in [0.25, 0.3) is 4.96 Å². The van der Waals surface area contributed by atoms with Gasteiger partial charge in [-0.2, -0.15) is 0 Å². The van der Waals surface area contributed by atoms with Crippen LogP contribution in [0.15, 0.2) is 40.0 Å². The zero-order chi connectivity index (χ0) is 21.1. The van der Waals surface area contributed by atoms with Gasteiger partial charge in [-0.3, -0.25) is 23.7 Å².